The molecule has 0 saturated heterocycles. The van der Waals surface area contributed by atoms with Crippen LogP contribution in [0.1, 0.15) is 6.92 Å². The van der Waals surface area contributed by atoms with E-state index in [1.165, 1.54) is 5.19 Å². The highest BCUT2D eigenvalue weighted by molar-refractivity contribution is 7.80. The van der Waals surface area contributed by atoms with Gasteiger partial charge in [-0.2, -0.15) is 0 Å². The first-order chi connectivity index (χ1) is 6.06. The van der Waals surface area contributed by atoms with Crippen molar-refractivity contribution in [2.75, 3.05) is 6.61 Å². The number of rotatable bonds is 3. The summed E-state index contributed by atoms with van der Waals surface area (Å²) in [6, 6.07) is 8.27. The second-order valence-electron chi connectivity index (χ2n) is 3.49. The quantitative estimate of drug-likeness (QED) is 0.598. The summed E-state index contributed by atoms with van der Waals surface area (Å²) >= 11 is 4.25. The van der Waals surface area contributed by atoms with Gasteiger partial charge in [0.05, 0.1) is 0 Å². The van der Waals surface area contributed by atoms with E-state index in [-0.39, 0.29) is 0 Å². The van der Waals surface area contributed by atoms with Gasteiger partial charge in [0, 0.05) is 11.5 Å². The van der Waals surface area contributed by atoms with Gasteiger partial charge in [-0.25, -0.2) is 0 Å². The zero-order chi connectivity index (χ0) is 9.90. The van der Waals surface area contributed by atoms with Crippen LogP contribution in [0.25, 0.3) is 0 Å². The fraction of sp³-hybridized carbons (Fsp3) is 0.400. The molecule has 0 heterocycles. The van der Waals surface area contributed by atoms with E-state index in [9.17, 15) is 0 Å². The molecular weight excluding hydrogens is 196 g/mol. The second-order valence-corrected chi connectivity index (χ2v) is 7.89. The predicted molar refractivity (Wildman–Crippen MR) is 62.4 cm³/mol. The van der Waals surface area contributed by atoms with Crippen LogP contribution in [-0.4, -0.2) is 14.9 Å². The first-order valence-electron chi connectivity index (χ1n) is 4.49. The summed E-state index contributed by atoms with van der Waals surface area (Å²) in [6.45, 7) is 7.26. The molecule has 0 amide bonds. The van der Waals surface area contributed by atoms with Gasteiger partial charge < -0.3 is 4.43 Å². The molecule has 0 bridgehead atoms. The molecule has 72 valence electrons. The van der Waals surface area contributed by atoms with Crippen LogP contribution in [-0.2, 0) is 4.43 Å². The van der Waals surface area contributed by atoms with Crippen molar-refractivity contribution in [1.29, 1.82) is 0 Å². The van der Waals surface area contributed by atoms with Gasteiger partial charge in [-0.15, -0.1) is 12.6 Å². The third kappa shape index (κ3) is 2.86. The lowest BCUT2D eigenvalue weighted by molar-refractivity contribution is 0.339. The Kier molecular flexibility index (Phi) is 3.59. The fourth-order valence-electron chi connectivity index (χ4n) is 1.31. The minimum atomic E-state index is -1.64. The average Bonchev–Trinajstić information content (AvgIpc) is 2.05. The van der Waals surface area contributed by atoms with Gasteiger partial charge >= 0.3 is 0 Å². The highest BCUT2D eigenvalue weighted by atomic mass is 32.1. The third-order valence-corrected chi connectivity index (χ3v) is 5.10. The summed E-state index contributed by atoms with van der Waals surface area (Å²) in [5, 5.41) is 1.33. The Morgan fingerprint density at radius 2 is 1.77 bits per heavy atom. The molecule has 3 heteroatoms. The molecule has 0 N–H and O–H groups in total. The number of thiol groups is 1. The van der Waals surface area contributed by atoms with Gasteiger partial charge in [0.2, 0.25) is 8.32 Å². The fourth-order valence-corrected chi connectivity index (χ4v) is 3.31. The molecule has 13 heavy (non-hydrogen) atoms. The molecule has 0 fully saturated rings. The van der Waals surface area contributed by atoms with E-state index in [2.05, 4.69) is 37.9 Å². The highest BCUT2D eigenvalue weighted by Crippen LogP contribution is 2.08. The van der Waals surface area contributed by atoms with Gasteiger partial charge in [0.25, 0.3) is 0 Å². The maximum atomic E-state index is 5.77. The Morgan fingerprint density at radius 1 is 1.23 bits per heavy atom. The van der Waals surface area contributed by atoms with Gasteiger partial charge in [-0.1, -0.05) is 12.1 Å². The van der Waals surface area contributed by atoms with Gasteiger partial charge in [-0.3, -0.25) is 0 Å². The predicted octanol–water partition coefficient (Wildman–Crippen LogP) is 2.42. The van der Waals surface area contributed by atoms with Crippen molar-refractivity contribution >= 4 is 26.1 Å². The Balaban J connectivity index is 2.87. The third-order valence-electron chi connectivity index (χ3n) is 2.07. The van der Waals surface area contributed by atoms with Crippen molar-refractivity contribution in [2.24, 2.45) is 0 Å². The van der Waals surface area contributed by atoms with Crippen molar-refractivity contribution in [1.82, 2.24) is 0 Å². The van der Waals surface area contributed by atoms with Gasteiger partial charge in [0.15, 0.2) is 0 Å². The molecule has 0 aliphatic rings. The molecular formula is C10H16OSSi. The average molecular weight is 212 g/mol. The zero-order valence-electron chi connectivity index (χ0n) is 8.37. The van der Waals surface area contributed by atoms with Crippen LogP contribution in [0.15, 0.2) is 29.2 Å². The standard InChI is InChI=1S/C10H16OSSi/c1-4-11-13(2,3)10-7-5-9(12)6-8-10/h5-8,12H,4H2,1-3H3. The number of hydrogen-bond acceptors (Lipinski definition) is 2. The topological polar surface area (TPSA) is 9.23 Å². The normalized spacial score (nSPS) is 11.7. The largest absolute Gasteiger partial charge is 0.413 e. The van der Waals surface area contributed by atoms with Gasteiger partial charge in [0.1, 0.15) is 0 Å². The lowest BCUT2D eigenvalue weighted by Crippen LogP contribution is -2.44. The summed E-state index contributed by atoms with van der Waals surface area (Å²) in [4.78, 5) is 1.00. The lowest BCUT2D eigenvalue weighted by atomic mass is 10.4. The van der Waals surface area contributed by atoms with E-state index in [4.69, 9.17) is 4.43 Å². The van der Waals surface area contributed by atoms with E-state index in [0.29, 0.717) is 0 Å². The molecule has 0 aliphatic heterocycles. The molecule has 0 saturated carbocycles. The zero-order valence-corrected chi connectivity index (χ0v) is 10.3. The lowest BCUT2D eigenvalue weighted by Gasteiger charge is -2.22. The Labute approximate surface area is 86.7 Å². The van der Waals surface area contributed by atoms with E-state index in [0.717, 1.165) is 11.5 Å². The van der Waals surface area contributed by atoms with Crippen LogP contribution in [0.2, 0.25) is 13.1 Å². The monoisotopic (exact) mass is 212 g/mol. The smallest absolute Gasteiger partial charge is 0.218 e. The number of benzene rings is 1. The van der Waals surface area contributed by atoms with Crippen LogP contribution in [0.3, 0.4) is 0 Å². The van der Waals surface area contributed by atoms with Crippen molar-refractivity contribution < 1.29 is 4.43 Å². The maximum Gasteiger partial charge on any atom is 0.218 e. The Morgan fingerprint density at radius 3 is 2.23 bits per heavy atom. The molecule has 0 unspecified atom stereocenters. The van der Waals surface area contributed by atoms with Crippen molar-refractivity contribution in [3.63, 3.8) is 0 Å². The molecule has 1 rings (SSSR count). The molecule has 0 radical (unpaired) electrons. The van der Waals surface area contributed by atoms with Crippen molar-refractivity contribution in [3.8, 4) is 0 Å². The molecule has 1 aromatic rings. The minimum Gasteiger partial charge on any atom is -0.413 e. The summed E-state index contributed by atoms with van der Waals surface area (Å²) < 4.78 is 5.77. The molecule has 0 atom stereocenters. The van der Waals surface area contributed by atoms with E-state index in [1.54, 1.807) is 0 Å². The summed E-state index contributed by atoms with van der Waals surface area (Å²) in [6.07, 6.45) is 0. The maximum absolute atomic E-state index is 5.77. The van der Waals surface area contributed by atoms with Crippen LogP contribution < -0.4 is 5.19 Å². The molecule has 0 spiro atoms. The minimum absolute atomic E-state index is 0.794. The van der Waals surface area contributed by atoms with Crippen LogP contribution in [0.5, 0.6) is 0 Å². The van der Waals surface area contributed by atoms with Crippen molar-refractivity contribution in [2.45, 2.75) is 24.9 Å². The summed E-state index contributed by atoms with van der Waals surface area (Å²) in [5.41, 5.74) is 0. The van der Waals surface area contributed by atoms with Gasteiger partial charge in [-0.05, 0) is 37.3 Å². The molecule has 0 aromatic heterocycles. The van der Waals surface area contributed by atoms with Crippen LogP contribution in [0, 0.1) is 0 Å². The van der Waals surface area contributed by atoms with Crippen LogP contribution in [0.4, 0.5) is 0 Å². The molecule has 1 nitrogen and oxygen atoms in total. The van der Waals surface area contributed by atoms with E-state index in [1.807, 2.05) is 19.1 Å². The van der Waals surface area contributed by atoms with E-state index >= 15 is 0 Å². The molecule has 0 aliphatic carbocycles. The summed E-state index contributed by atoms with van der Waals surface area (Å²) in [5.74, 6) is 0. The Hall–Kier alpha value is -0.253. The summed E-state index contributed by atoms with van der Waals surface area (Å²) in [7, 11) is -1.64. The second kappa shape index (κ2) is 4.31. The van der Waals surface area contributed by atoms with E-state index < -0.39 is 8.32 Å². The van der Waals surface area contributed by atoms with Crippen molar-refractivity contribution in [3.05, 3.63) is 24.3 Å². The Bertz CT molecular complexity index is 269. The number of hydrogen-bond donors (Lipinski definition) is 1. The molecule has 1 aromatic carbocycles. The first kappa shape index (κ1) is 10.8. The van der Waals surface area contributed by atoms with Crippen LogP contribution >= 0.6 is 12.6 Å². The SMILES string of the molecule is CCO[Si](C)(C)c1ccc(S)cc1. The first-order valence-corrected chi connectivity index (χ1v) is 7.85. The highest BCUT2D eigenvalue weighted by Gasteiger charge is 2.23.